The lowest BCUT2D eigenvalue weighted by molar-refractivity contribution is -0.141. The molecule has 202 valence electrons. The average Bonchev–Trinajstić information content (AvgIpc) is 3.21. The number of halogens is 1. The zero-order chi connectivity index (χ0) is 27.3. The van der Waals surface area contributed by atoms with Crippen LogP contribution in [0.1, 0.15) is 45.2 Å². The van der Waals surface area contributed by atoms with Gasteiger partial charge in [-0.25, -0.2) is 4.79 Å². The molecule has 37 heavy (non-hydrogen) atoms. The molecule has 12 heteroatoms. The van der Waals surface area contributed by atoms with Crippen molar-refractivity contribution in [1.29, 1.82) is 0 Å². The summed E-state index contributed by atoms with van der Waals surface area (Å²) < 4.78 is 12.5. The molecule has 1 N–H and O–H groups in total. The fourth-order valence-corrected chi connectivity index (χ4v) is 4.69. The summed E-state index contributed by atoms with van der Waals surface area (Å²) in [5.74, 6) is -1.23. The Labute approximate surface area is 224 Å². The maximum absolute atomic E-state index is 12.9. The van der Waals surface area contributed by atoms with Crippen LogP contribution in [0.15, 0.2) is 22.7 Å². The number of amides is 3. The maximum Gasteiger partial charge on any atom is 0.410 e. The standard InChI is InChI=1S/C25H34BrN5O6/c1-25(2,3)37-24(35)30-11-9-16(10-12-30)23-22-17(26)7-6-8-18(22)31(28-23)15-20(33)29(4)14-19(32)27-13-21(34)36-5/h6-8,16H,9-15H2,1-5H3,(H,27,32). The number of carbonyl (C=O) groups excluding carboxylic acids is 4. The number of likely N-dealkylation sites (tertiary alicyclic amines) is 1. The molecule has 2 heterocycles. The largest absolute Gasteiger partial charge is 0.468 e. The highest BCUT2D eigenvalue weighted by Crippen LogP contribution is 2.36. The number of hydrogen-bond donors (Lipinski definition) is 1. The predicted molar refractivity (Wildman–Crippen MR) is 140 cm³/mol. The van der Waals surface area contributed by atoms with Crippen LogP contribution in [0, 0.1) is 0 Å². The normalized spacial score (nSPS) is 14.4. The van der Waals surface area contributed by atoms with E-state index >= 15 is 0 Å². The Kier molecular flexibility index (Phi) is 9.16. The number of rotatable bonds is 7. The number of benzene rings is 1. The summed E-state index contributed by atoms with van der Waals surface area (Å²) in [7, 11) is 2.75. The van der Waals surface area contributed by atoms with Crippen LogP contribution in [-0.4, -0.2) is 89.4 Å². The van der Waals surface area contributed by atoms with Crippen LogP contribution < -0.4 is 5.32 Å². The van der Waals surface area contributed by atoms with Gasteiger partial charge in [0.1, 0.15) is 18.7 Å². The molecule has 1 fully saturated rings. The summed E-state index contributed by atoms with van der Waals surface area (Å²) in [6.45, 7) is 6.15. The van der Waals surface area contributed by atoms with Gasteiger partial charge in [-0.15, -0.1) is 0 Å². The summed E-state index contributed by atoms with van der Waals surface area (Å²) >= 11 is 3.63. The Morgan fingerprint density at radius 3 is 2.49 bits per heavy atom. The van der Waals surface area contributed by atoms with Crippen molar-refractivity contribution < 1.29 is 28.7 Å². The Bertz CT molecular complexity index is 1170. The molecule has 1 aliphatic heterocycles. The molecule has 0 radical (unpaired) electrons. The number of aromatic nitrogens is 2. The molecular formula is C25H34BrN5O6. The van der Waals surface area contributed by atoms with E-state index in [1.165, 1.54) is 19.1 Å². The smallest absolute Gasteiger partial charge is 0.410 e. The highest BCUT2D eigenvalue weighted by Gasteiger charge is 2.30. The quantitative estimate of drug-likeness (QED) is 0.500. The Balaban J connectivity index is 1.71. The zero-order valence-electron chi connectivity index (χ0n) is 21.9. The van der Waals surface area contributed by atoms with Crippen molar-refractivity contribution in [2.24, 2.45) is 0 Å². The van der Waals surface area contributed by atoms with Gasteiger partial charge in [0.05, 0.1) is 24.9 Å². The number of hydrogen-bond acceptors (Lipinski definition) is 7. The number of esters is 1. The summed E-state index contributed by atoms with van der Waals surface area (Å²) in [6.07, 6.45) is 1.13. The molecule has 3 rings (SSSR count). The predicted octanol–water partition coefficient (Wildman–Crippen LogP) is 2.66. The van der Waals surface area contributed by atoms with E-state index in [1.807, 2.05) is 39.0 Å². The number of ether oxygens (including phenoxy) is 2. The van der Waals surface area contributed by atoms with Gasteiger partial charge >= 0.3 is 12.1 Å². The fraction of sp³-hybridized carbons (Fsp3) is 0.560. The third-order valence-electron chi connectivity index (χ3n) is 6.04. The van der Waals surface area contributed by atoms with E-state index in [0.717, 1.165) is 33.9 Å². The van der Waals surface area contributed by atoms with Gasteiger partial charge in [0.2, 0.25) is 11.8 Å². The van der Waals surface area contributed by atoms with E-state index in [2.05, 4.69) is 26.0 Å². The SMILES string of the molecule is COC(=O)CNC(=O)CN(C)C(=O)Cn1nc(C2CCN(C(=O)OC(C)(C)C)CC2)c2c(Br)cccc21. The van der Waals surface area contributed by atoms with Gasteiger partial charge in [0, 0.05) is 35.9 Å². The Morgan fingerprint density at radius 2 is 1.86 bits per heavy atom. The van der Waals surface area contributed by atoms with Crippen LogP contribution >= 0.6 is 15.9 Å². The van der Waals surface area contributed by atoms with Crippen molar-refractivity contribution in [3.05, 3.63) is 28.4 Å². The number of nitrogens with zero attached hydrogens (tertiary/aromatic N) is 4. The molecule has 0 bridgehead atoms. The highest BCUT2D eigenvalue weighted by atomic mass is 79.9. The van der Waals surface area contributed by atoms with Crippen LogP contribution in [0.4, 0.5) is 4.79 Å². The van der Waals surface area contributed by atoms with Crippen molar-refractivity contribution >= 4 is 50.7 Å². The number of piperidine rings is 1. The van der Waals surface area contributed by atoms with Gasteiger partial charge in [-0.1, -0.05) is 22.0 Å². The van der Waals surface area contributed by atoms with Crippen LogP contribution in [0.5, 0.6) is 0 Å². The van der Waals surface area contributed by atoms with Crippen molar-refractivity contribution in [2.45, 2.75) is 51.7 Å². The molecule has 0 spiro atoms. The Morgan fingerprint density at radius 1 is 1.19 bits per heavy atom. The fourth-order valence-electron chi connectivity index (χ4n) is 4.13. The van der Waals surface area contributed by atoms with Gasteiger partial charge in [0.25, 0.3) is 0 Å². The lowest BCUT2D eigenvalue weighted by Gasteiger charge is -2.33. The summed E-state index contributed by atoms with van der Waals surface area (Å²) in [5.41, 5.74) is 1.13. The minimum Gasteiger partial charge on any atom is -0.468 e. The van der Waals surface area contributed by atoms with Gasteiger partial charge < -0.3 is 24.6 Å². The third kappa shape index (κ3) is 7.43. The highest BCUT2D eigenvalue weighted by molar-refractivity contribution is 9.10. The molecule has 1 aliphatic rings. The number of likely N-dealkylation sites (N-methyl/N-ethyl adjacent to an activating group) is 1. The first-order valence-corrected chi connectivity index (χ1v) is 12.9. The van der Waals surface area contributed by atoms with Gasteiger partial charge in [-0.3, -0.25) is 19.1 Å². The minimum absolute atomic E-state index is 0.0511. The van der Waals surface area contributed by atoms with E-state index in [9.17, 15) is 19.2 Å². The van der Waals surface area contributed by atoms with Crippen molar-refractivity contribution in [2.75, 3.05) is 40.3 Å². The molecule has 0 saturated carbocycles. The number of methoxy groups -OCH3 is 1. The van der Waals surface area contributed by atoms with Crippen molar-refractivity contribution in [3.8, 4) is 0 Å². The van der Waals surface area contributed by atoms with Gasteiger partial charge in [-0.2, -0.15) is 5.10 Å². The van der Waals surface area contributed by atoms with E-state index < -0.39 is 17.5 Å². The molecule has 0 unspecified atom stereocenters. The topological polar surface area (TPSA) is 123 Å². The molecule has 1 saturated heterocycles. The van der Waals surface area contributed by atoms with Crippen LogP contribution in [0.25, 0.3) is 10.9 Å². The summed E-state index contributed by atoms with van der Waals surface area (Å²) in [5, 5.41) is 8.17. The third-order valence-corrected chi connectivity index (χ3v) is 6.70. The van der Waals surface area contributed by atoms with Gasteiger partial charge in [0.15, 0.2) is 0 Å². The summed E-state index contributed by atoms with van der Waals surface area (Å²) in [4.78, 5) is 51.7. The van der Waals surface area contributed by atoms with E-state index in [1.54, 1.807) is 9.58 Å². The van der Waals surface area contributed by atoms with Crippen LogP contribution in [0.3, 0.4) is 0 Å². The number of fused-ring (bicyclic) bond motifs is 1. The van der Waals surface area contributed by atoms with Gasteiger partial charge in [-0.05, 0) is 45.7 Å². The van der Waals surface area contributed by atoms with Crippen LogP contribution in [-0.2, 0) is 30.4 Å². The first-order valence-electron chi connectivity index (χ1n) is 12.1. The summed E-state index contributed by atoms with van der Waals surface area (Å²) in [6, 6.07) is 5.73. The zero-order valence-corrected chi connectivity index (χ0v) is 23.5. The first-order chi connectivity index (χ1) is 17.4. The maximum atomic E-state index is 12.9. The second-order valence-corrected chi connectivity index (χ2v) is 10.9. The molecule has 1 aromatic heterocycles. The first kappa shape index (κ1) is 28.4. The molecular weight excluding hydrogens is 546 g/mol. The second kappa shape index (κ2) is 11.9. The minimum atomic E-state index is -0.569. The lowest BCUT2D eigenvalue weighted by atomic mass is 9.92. The molecule has 2 aromatic rings. The van der Waals surface area contributed by atoms with E-state index in [4.69, 9.17) is 9.84 Å². The second-order valence-electron chi connectivity index (χ2n) is 10.0. The molecule has 3 amide bonds. The number of nitrogens with one attached hydrogen (secondary N) is 1. The van der Waals surface area contributed by atoms with Crippen molar-refractivity contribution in [3.63, 3.8) is 0 Å². The molecule has 0 atom stereocenters. The molecule has 11 nitrogen and oxygen atoms in total. The monoisotopic (exact) mass is 579 g/mol. The van der Waals surface area contributed by atoms with Crippen molar-refractivity contribution in [1.82, 2.24) is 24.9 Å². The average molecular weight is 580 g/mol. The number of carbonyl (C=O) groups is 4. The lowest BCUT2D eigenvalue weighted by Crippen LogP contribution is -2.41. The molecule has 1 aromatic carbocycles. The van der Waals surface area contributed by atoms with E-state index in [-0.39, 0.29) is 37.6 Å². The van der Waals surface area contributed by atoms with Crippen LogP contribution in [0.2, 0.25) is 0 Å². The molecule has 0 aliphatic carbocycles. The Hall–Kier alpha value is -3.15. The van der Waals surface area contributed by atoms with E-state index in [0.29, 0.717) is 13.1 Å².